The van der Waals surface area contributed by atoms with E-state index in [1.807, 2.05) is 0 Å². The summed E-state index contributed by atoms with van der Waals surface area (Å²) in [5, 5.41) is 9.28. The van der Waals surface area contributed by atoms with Gasteiger partial charge < -0.3 is 4.42 Å². The molecule has 2 heterocycles. The van der Waals surface area contributed by atoms with Gasteiger partial charge in [0.05, 0.1) is 34.5 Å². The first kappa shape index (κ1) is 29.5. The Morgan fingerprint density at radius 3 is 2.12 bits per heavy atom. The molecule has 0 N–H and O–H groups in total. The van der Waals surface area contributed by atoms with E-state index in [9.17, 15) is 53.6 Å². The Bertz CT molecular complexity index is 1880. The highest BCUT2D eigenvalue weighted by molar-refractivity contribution is 7.90. The van der Waals surface area contributed by atoms with E-state index in [-0.39, 0.29) is 16.7 Å². The smallest absolute Gasteiger partial charge is 0.417 e. The molecule has 0 aliphatic heterocycles. The van der Waals surface area contributed by atoms with Crippen molar-refractivity contribution in [3.05, 3.63) is 99.0 Å². The van der Waals surface area contributed by atoms with Gasteiger partial charge in [0, 0.05) is 23.4 Å². The molecule has 0 unspecified atom stereocenters. The Hall–Kier alpha value is -4.45. The summed E-state index contributed by atoms with van der Waals surface area (Å²) in [7, 11) is -4.29. The van der Waals surface area contributed by atoms with E-state index in [4.69, 9.17) is 4.42 Å². The molecule has 4 aromatic rings. The van der Waals surface area contributed by atoms with Crippen molar-refractivity contribution < 1.29 is 48.0 Å². The van der Waals surface area contributed by atoms with E-state index in [0.29, 0.717) is 35.1 Å². The molecule has 41 heavy (non-hydrogen) atoms. The Kier molecular flexibility index (Phi) is 7.34. The zero-order valence-corrected chi connectivity index (χ0v) is 21.2. The van der Waals surface area contributed by atoms with Gasteiger partial charge in [0.1, 0.15) is 23.3 Å². The van der Waals surface area contributed by atoms with Gasteiger partial charge in [0.25, 0.3) is 5.56 Å². The molecular weight excluding hydrogens is 588 g/mol. The lowest BCUT2D eigenvalue weighted by molar-refractivity contribution is -0.140. The number of alkyl halides is 6. The van der Waals surface area contributed by atoms with Crippen LogP contribution in [0.15, 0.2) is 68.9 Å². The van der Waals surface area contributed by atoms with Crippen LogP contribution in [-0.2, 0) is 28.7 Å². The Labute approximate surface area is 225 Å². The first-order valence-electron chi connectivity index (χ1n) is 11.1. The van der Waals surface area contributed by atoms with Crippen LogP contribution in [-0.4, -0.2) is 19.2 Å². The second-order valence-corrected chi connectivity index (χ2v) is 10.7. The Balaban J connectivity index is 1.94. The third kappa shape index (κ3) is 5.87. The highest BCUT2D eigenvalue weighted by Gasteiger charge is 2.38. The molecule has 0 spiro atoms. The number of nitrogens with zero attached hydrogens (tertiary/aromatic N) is 2. The third-order valence-corrected chi connectivity index (χ3v) is 7.09. The molecule has 2 aromatic heterocycles. The summed E-state index contributed by atoms with van der Waals surface area (Å²) in [5.41, 5.74) is -7.29. The van der Waals surface area contributed by atoms with Gasteiger partial charge in [0.2, 0.25) is 0 Å². The highest BCUT2D eigenvalue weighted by atomic mass is 32.2. The maximum atomic E-state index is 14.4. The molecule has 214 valence electrons. The number of pyridine rings is 1. The average molecular weight is 602 g/mol. The molecule has 15 heteroatoms. The summed E-state index contributed by atoms with van der Waals surface area (Å²) in [6, 6.07) is 7.00. The number of nitriles is 1. The number of halogens is 8. The van der Waals surface area contributed by atoms with Crippen molar-refractivity contribution in [2.24, 2.45) is 0 Å². The molecular formula is C26H14F8N2O4S. The number of aromatic nitrogens is 1. The lowest BCUT2D eigenvalue weighted by Crippen LogP contribution is -2.29. The highest BCUT2D eigenvalue weighted by Crippen LogP contribution is 2.39. The molecule has 0 fully saturated rings. The first-order chi connectivity index (χ1) is 18.9. The van der Waals surface area contributed by atoms with Gasteiger partial charge in [-0.2, -0.15) is 31.6 Å². The molecule has 6 nitrogen and oxygen atoms in total. The number of hydrogen-bond acceptors (Lipinski definition) is 5. The first-order valence-corrected chi connectivity index (χ1v) is 13.0. The quantitative estimate of drug-likeness (QED) is 0.246. The standard InChI is InChI=1S/C26H14F8N2O4S/c1-41(38,39)23-5-3-13(6-19(23)26(32,33)34)15-7-22(40-12-15)21-9-18(25(29,30)31)17(10-35)24(37)36(21)11-14-2-4-16(27)8-20(14)28/h2-9,12H,11H2,1H3. The van der Waals surface area contributed by atoms with Gasteiger partial charge in [0.15, 0.2) is 15.6 Å². The van der Waals surface area contributed by atoms with Crippen molar-refractivity contribution in [2.45, 2.75) is 23.8 Å². The van der Waals surface area contributed by atoms with Crippen LogP contribution >= 0.6 is 0 Å². The minimum absolute atomic E-state index is 0.143. The zero-order chi connectivity index (χ0) is 30.5. The summed E-state index contributed by atoms with van der Waals surface area (Å²) in [6.07, 6.45) is -8.85. The SMILES string of the molecule is CS(=O)(=O)c1ccc(-c2coc(-c3cc(C(F)(F)F)c(C#N)c(=O)n3Cc3ccc(F)cc3F)c2)cc1C(F)(F)F. The number of sulfone groups is 1. The molecule has 0 saturated carbocycles. The lowest BCUT2D eigenvalue weighted by atomic mass is 10.0. The molecule has 0 saturated heterocycles. The summed E-state index contributed by atoms with van der Waals surface area (Å²) >= 11 is 0. The second kappa shape index (κ2) is 10.2. The van der Waals surface area contributed by atoms with E-state index in [2.05, 4.69) is 0 Å². The summed E-state index contributed by atoms with van der Waals surface area (Å²) in [6.45, 7) is -0.773. The van der Waals surface area contributed by atoms with Crippen LogP contribution in [0.4, 0.5) is 35.1 Å². The van der Waals surface area contributed by atoms with Gasteiger partial charge in [-0.3, -0.25) is 9.36 Å². The summed E-state index contributed by atoms with van der Waals surface area (Å²) in [4.78, 5) is 12.0. The molecule has 0 aliphatic rings. The minimum Gasteiger partial charge on any atom is -0.462 e. The van der Waals surface area contributed by atoms with E-state index < -0.39 is 79.0 Å². The Morgan fingerprint density at radius 2 is 1.56 bits per heavy atom. The normalized spacial score (nSPS) is 12.4. The fourth-order valence-corrected chi connectivity index (χ4v) is 4.93. The topological polar surface area (TPSA) is 93.1 Å². The van der Waals surface area contributed by atoms with Crippen molar-refractivity contribution in [2.75, 3.05) is 6.26 Å². The van der Waals surface area contributed by atoms with Crippen molar-refractivity contribution in [1.29, 1.82) is 5.26 Å². The maximum absolute atomic E-state index is 14.4. The number of rotatable bonds is 5. The van der Waals surface area contributed by atoms with Crippen LogP contribution in [0.3, 0.4) is 0 Å². The molecule has 0 aliphatic carbocycles. The van der Waals surface area contributed by atoms with Crippen LogP contribution in [0.25, 0.3) is 22.6 Å². The number of hydrogen-bond donors (Lipinski definition) is 0. The third-order valence-electron chi connectivity index (χ3n) is 5.93. The molecule has 0 atom stereocenters. The lowest BCUT2D eigenvalue weighted by Gasteiger charge is -2.16. The fourth-order valence-electron chi connectivity index (χ4n) is 4.04. The van der Waals surface area contributed by atoms with Gasteiger partial charge in [-0.15, -0.1) is 0 Å². The van der Waals surface area contributed by atoms with E-state index in [1.54, 1.807) is 0 Å². The van der Waals surface area contributed by atoms with Gasteiger partial charge >= 0.3 is 12.4 Å². The number of benzene rings is 2. The average Bonchev–Trinajstić information content (AvgIpc) is 3.34. The van der Waals surface area contributed by atoms with Crippen LogP contribution in [0.2, 0.25) is 0 Å². The predicted octanol–water partition coefficient (Wildman–Crippen LogP) is 6.41. The summed E-state index contributed by atoms with van der Waals surface area (Å²) in [5.74, 6) is -2.61. The molecule has 0 radical (unpaired) electrons. The predicted molar refractivity (Wildman–Crippen MR) is 127 cm³/mol. The van der Waals surface area contributed by atoms with E-state index >= 15 is 0 Å². The maximum Gasteiger partial charge on any atom is 0.417 e. The van der Waals surface area contributed by atoms with Crippen molar-refractivity contribution >= 4 is 9.84 Å². The van der Waals surface area contributed by atoms with Crippen LogP contribution in [0, 0.1) is 23.0 Å². The van der Waals surface area contributed by atoms with E-state index in [0.717, 1.165) is 30.5 Å². The molecule has 0 amide bonds. The van der Waals surface area contributed by atoms with Crippen molar-refractivity contribution in [3.63, 3.8) is 0 Å². The largest absolute Gasteiger partial charge is 0.462 e. The van der Waals surface area contributed by atoms with Gasteiger partial charge in [-0.05, 0) is 35.9 Å². The Morgan fingerprint density at radius 1 is 0.902 bits per heavy atom. The minimum atomic E-state index is -5.20. The van der Waals surface area contributed by atoms with Crippen molar-refractivity contribution in [3.8, 4) is 28.7 Å². The summed E-state index contributed by atoms with van der Waals surface area (Å²) < 4.78 is 139. The fraction of sp³-hybridized carbons (Fsp3) is 0.154. The van der Waals surface area contributed by atoms with Gasteiger partial charge in [-0.1, -0.05) is 12.1 Å². The van der Waals surface area contributed by atoms with Crippen molar-refractivity contribution in [1.82, 2.24) is 4.57 Å². The van der Waals surface area contributed by atoms with Crippen LogP contribution < -0.4 is 5.56 Å². The molecule has 0 bridgehead atoms. The monoisotopic (exact) mass is 602 g/mol. The zero-order valence-electron chi connectivity index (χ0n) is 20.4. The molecule has 4 rings (SSSR count). The van der Waals surface area contributed by atoms with Crippen LogP contribution in [0.1, 0.15) is 22.3 Å². The molecule has 2 aromatic carbocycles. The van der Waals surface area contributed by atoms with Crippen LogP contribution in [0.5, 0.6) is 0 Å². The number of furan rings is 1. The van der Waals surface area contributed by atoms with Gasteiger partial charge in [-0.25, -0.2) is 17.2 Å². The second-order valence-electron chi connectivity index (χ2n) is 8.74. The van der Waals surface area contributed by atoms with E-state index in [1.165, 1.54) is 6.07 Å².